The van der Waals surface area contributed by atoms with E-state index in [1.165, 1.54) is 4.88 Å². The van der Waals surface area contributed by atoms with Crippen molar-refractivity contribution in [3.8, 4) is 0 Å². The fourth-order valence-corrected chi connectivity index (χ4v) is 3.63. The molecular weight excluding hydrogens is 352 g/mol. The van der Waals surface area contributed by atoms with Gasteiger partial charge in [0.15, 0.2) is 5.13 Å². The van der Waals surface area contributed by atoms with Crippen molar-refractivity contribution in [3.05, 3.63) is 39.1 Å². The highest BCUT2D eigenvalue weighted by Crippen LogP contribution is 2.37. The van der Waals surface area contributed by atoms with Gasteiger partial charge in [0.25, 0.3) is 0 Å². The number of carbonyl (C=O) groups is 1. The molecule has 0 saturated carbocycles. The number of amides is 1. The van der Waals surface area contributed by atoms with Crippen molar-refractivity contribution in [1.29, 1.82) is 0 Å². The summed E-state index contributed by atoms with van der Waals surface area (Å²) < 4.78 is 0.904. The highest BCUT2D eigenvalue weighted by molar-refractivity contribution is 9.10. The first-order valence-corrected chi connectivity index (χ1v) is 8.24. The van der Waals surface area contributed by atoms with Crippen molar-refractivity contribution in [3.63, 3.8) is 0 Å². The van der Waals surface area contributed by atoms with Crippen molar-refractivity contribution in [2.45, 2.75) is 25.9 Å². The first-order valence-electron chi connectivity index (χ1n) is 6.63. The Bertz CT molecular complexity index is 670. The summed E-state index contributed by atoms with van der Waals surface area (Å²) in [6, 6.07) is 4.03. The smallest absolute Gasteiger partial charge is 0.232 e. The third kappa shape index (κ3) is 3.14. The number of anilines is 1. The van der Waals surface area contributed by atoms with E-state index in [9.17, 15) is 4.79 Å². The van der Waals surface area contributed by atoms with Crippen LogP contribution in [0.25, 0.3) is 0 Å². The Morgan fingerprint density at radius 1 is 1.57 bits per heavy atom. The molecule has 0 aliphatic carbocycles. The quantitative estimate of drug-likeness (QED) is 0.906. The van der Waals surface area contributed by atoms with E-state index in [1.807, 2.05) is 12.1 Å². The summed E-state index contributed by atoms with van der Waals surface area (Å²) in [4.78, 5) is 24.2. The predicted octanol–water partition coefficient (Wildman–Crippen LogP) is 2.99. The summed E-state index contributed by atoms with van der Waals surface area (Å²) in [5.74, 6) is -0.0850. The number of rotatable bonds is 3. The lowest BCUT2D eigenvalue weighted by Crippen LogP contribution is -2.16. The summed E-state index contributed by atoms with van der Waals surface area (Å²) in [6.45, 7) is 3.03. The maximum absolute atomic E-state index is 12.0. The van der Waals surface area contributed by atoms with Gasteiger partial charge in [0.1, 0.15) is 0 Å². The Labute approximate surface area is 135 Å². The number of aromatic nitrogens is 2. The minimum atomic E-state index is -0.0850. The van der Waals surface area contributed by atoms with E-state index in [-0.39, 0.29) is 12.3 Å². The van der Waals surface area contributed by atoms with Crippen LogP contribution in [0, 0.1) is 0 Å². The molecule has 0 aromatic carbocycles. The number of hydrogen-bond donors (Lipinski definition) is 1. The summed E-state index contributed by atoms with van der Waals surface area (Å²) in [5, 5.41) is 3.55. The van der Waals surface area contributed by atoms with Gasteiger partial charge < -0.3 is 5.32 Å². The number of pyridine rings is 1. The zero-order valence-corrected chi connectivity index (χ0v) is 14.2. The van der Waals surface area contributed by atoms with Crippen LogP contribution in [0.2, 0.25) is 0 Å². The number of halogens is 1. The number of fused-ring (bicyclic) bond motifs is 1. The van der Waals surface area contributed by atoms with E-state index in [0.29, 0.717) is 11.2 Å². The molecule has 1 N–H and O–H groups in total. The highest BCUT2D eigenvalue weighted by Gasteiger charge is 2.28. The minimum Gasteiger partial charge on any atom is -0.302 e. The van der Waals surface area contributed by atoms with Gasteiger partial charge in [-0.3, -0.25) is 14.7 Å². The monoisotopic (exact) mass is 366 g/mol. The van der Waals surface area contributed by atoms with E-state index in [0.717, 1.165) is 22.4 Å². The fourth-order valence-electron chi connectivity index (χ4n) is 2.27. The lowest BCUT2D eigenvalue weighted by molar-refractivity contribution is -0.115. The lowest BCUT2D eigenvalue weighted by atomic mass is 10.2. The van der Waals surface area contributed by atoms with Crippen molar-refractivity contribution in [2.24, 2.45) is 0 Å². The topological polar surface area (TPSA) is 58.1 Å². The molecule has 3 rings (SSSR count). The molecule has 0 bridgehead atoms. The molecule has 110 valence electrons. The molecule has 0 fully saturated rings. The molecular formula is C14H15BrN4OS. The van der Waals surface area contributed by atoms with Gasteiger partial charge in [-0.2, -0.15) is 0 Å². The zero-order valence-electron chi connectivity index (χ0n) is 11.8. The van der Waals surface area contributed by atoms with Crippen molar-refractivity contribution >= 4 is 38.3 Å². The van der Waals surface area contributed by atoms with Gasteiger partial charge in [0.05, 0.1) is 18.2 Å². The minimum absolute atomic E-state index is 0.0850. The Balaban J connectivity index is 1.65. The second kappa shape index (κ2) is 5.82. The van der Waals surface area contributed by atoms with Crippen LogP contribution in [0.5, 0.6) is 0 Å². The lowest BCUT2D eigenvalue weighted by Gasteiger charge is -2.13. The maximum atomic E-state index is 12.0. The predicted molar refractivity (Wildman–Crippen MR) is 86.3 cm³/mol. The van der Waals surface area contributed by atoms with Crippen LogP contribution in [0.1, 0.15) is 29.2 Å². The molecule has 5 nitrogen and oxygen atoms in total. The average Bonchev–Trinajstić information content (AvgIpc) is 2.93. The molecule has 7 heteroatoms. The molecule has 1 unspecified atom stereocenters. The van der Waals surface area contributed by atoms with Crippen LogP contribution in [0.3, 0.4) is 0 Å². The highest BCUT2D eigenvalue weighted by atomic mass is 79.9. The van der Waals surface area contributed by atoms with E-state index < -0.39 is 0 Å². The van der Waals surface area contributed by atoms with Gasteiger partial charge >= 0.3 is 0 Å². The van der Waals surface area contributed by atoms with Crippen LogP contribution >= 0.6 is 27.3 Å². The van der Waals surface area contributed by atoms with Crippen molar-refractivity contribution < 1.29 is 4.79 Å². The third-order valence-electron chi connectivity index (χ3n) is 3.55. The maximum Gasteiger partial charge on any atom is 0.232 e. The molecule has 2 aromatic rings. The number of thiazole rings is 1. The summed E-state index contributed by atoms with van der Waals surface area (Å²) in [6.07, 6.45) is 1.95. The molecule has 1 aliphatic rings. The second-order valence-corrected chi connectivity index (χ2v) is 7.11. The van der Waals surface area contributed by atoms with Gasteiger partial charge in [-0.05, 0) is 42.0 Å². The van der Waals surface area contributed by atoms with Gasteiger partial charge in [0.2, 0.25) is 5.91 Å². The van der Waals surface area contributed by atoms with Crippen molar-refractivity contribution in [1.82, 2.24) is 14.9 Å². The third-order valence-corrected chi connectivity index (χ3v) is 4.99. The Morgan fingerprint density at radius 2 is 2.38 bits per heavy atom. The molecule has 21 heavy (non-hydrogen) atoms. The van der Waals surface area contributed by atoms with Crippen LogP contribution in [-0.2, 0) is 17.8 Å². The number of carbonyl (C=O) groups excluding carboxylic acids is 1. The van der Waals surface area contributed by atoms with E-state index >= 15 is 0 Å². The molecule has 0 spiro atoms. The molecule has 0 radical (unpaired) electrons. The van der Waals surface area contributed by atoms with Crippen LogP contribution in [-0.4, -0.2) is 27.8 Å². The normalized spacial score (nSPS) is 17.8. The summed E-state index contributed by atoms with van der Waals surface area (Å²) in [5.41, 5.74) is 1.83. The first-order chi connectivity index (χ1) is 10.0. The fraction of sp³-hybridized carbons (Fsp3) is 0.357. The van der Waals surface area contributed by atoms with Crippen LogP contribution in [0.15, 0.2) is 22.8 Å². The van der Waals surface area contributed by atoms with Gasteiger partial charge in [-0.15, -0.1) is 11.3 Å². The van der Waals surface area contributed by atoms with E-state index in [1.54, 1.807) is 17.5 Å². The molecule has 1 aliphatic heterocycles. The standard InChI is InChI=1S/C14H15BrN4OS/c1-8-13-11(7-19(8)2)21-14(18-13)17-12(20)5-10-4-3-9(15)6-16-10/h3-4,6,8H,5,7H2,1-2H3,(H,17,18,20). The molecule has 3 heterocycles. The van der Waals surface area contributed by atoms with Gasteiger partial charge in [-0.1, -0.05) is 0 Å². The Kier molecular flexibility index (Phi) is 4.05. The number of hydrogen-bond acceptors (Lipinski definition) is 5. The second-order valence-electron chi connectivity index (χ2n) is 5.11. The molecule has 2 aromatic heterocycles. The van der Waals surface area contributed by atoms with Crippen molar-refractivity contribution in [2.75, 3.05) is 12.4 Å². The average molecular weight is 367 g/mol. The van der Waals surface area contributed by atoms with E-state index in [4.69, 9.17) is 0 Å². The number of nitrogens with one attached hydrogen (secondary N) is 1. The zero-order chi connectivity index (χ0) is 15.0. The number of nitrogens with zero attached hydrogens (tertiary/aromatic N) is 3. The summed E-state index contributed by atoms with van der Waals surface area (Å²) >= 11 is 4.88. The van der Waals surface area contributed by atoms with Gasteiger partial charge in [0, 0.05) is 27.8 Å². The Hall–Kier alpha value is -1.31. The SMILES string of the molecule is CC1c2nc(NC(=O)Cc3ccc(Br)cn3)sc2CN1C. The van der Waals surface area contributed by atoms with Gasteiger partial charge in [-0.25, -0.2) is 4.98 Å². The Morgan fingerprint density at radius 3 is 3.05 bits per heavy atom. The summed E-state index contributed by atoms with van der Waals surface area (Å²) in [7, 11) is 2.08. The molecule has 1 amide bonds. The molecule has 0 saturated heterocycles. The van der Waals surface area contributed by atoms with Crippen LogP contribution in [0.4, 0.5) is 5.13 Å². The van der Waals surface area contributed by atoms with E-state index in [2.05, 4.69) is 50.1 Å². The van der Waals surface area contributed by atoms with Crippen LogP contribution < -0.4 is 5.32 Å². The largest absolute Gasteiger partial charge is 0.302 e. The molecule has 1 atom stereocenters. The first kappa shape index (κ1) is 14.6.